The lowest BCUT2D eigenvalue weighted by Crippen LogP contribution is -2.42. The first kappa shape index (κ1) is 16.3. The van der Waals surface area contributed by atoms with Gasteiger partial charge in [-0.3, -0.25) is 0 Å². The number of benzene rings is 1. The van der Waals surface area contributed by atoms with Crippen LogP contribution < -0.4 is 10.1 Å². The van der Waals surface area contributed by atoms with Gasteiger partial charge in [0.1, 0.15) is 18.5 Å². The molecule has 0 radical (unpaired) electrons. The molecule has 118 valence electrons. The Bertz CT molecular complexity index is 418. The van der Waals surface area contributed by atoms with Gasteiger partial charge in [0.15, 0.2) is 0 Å². The first-order valence-electron chi connectivity index (χ1n) is 7.94. The molecule has 0 amide bonds. The number of ether oxygens (including phenoxy) is 2. The molecule has 3 unspecified atom stereocenters. The maximum atomic E-state index is 10.0. The fraction of sp³-hybridized carbons (Fsp3) is 0.647. The van der Waals surface area contributed by atoms with E-state index in [9.17, 15) is 5.11 Å². The molecule has 21 heavy (non-hydrogen) atoms. The summed E-state index contributed by atoms with van der Waals surface area (Å²) < 4.78 is 11.3. The van der Waals surface area contributed by atoms with Crippen LogP contribution in [0.15, 0.2) is 24.3 Å². The molecule has 1 aliphatic rings. The first-order valence-corrected chi connectivity index (χ1v) is 7.94. The summed E-state index contributed by atoms with van der Waals surface area (Å²) in [6.45, 7) is 5.90. The topological polar surface area (TPSA) is 50.7 Å². The van der Waals surface area contributed by atoms with E-state index < -0.39 is 6.10 Å². The standard InChI is InChI=1S/C17H27NO3/c1-3-14-6-4-7-16(10-14)21-12-15(19)11-18-13(2)17-8-5-9-20-17/h4,6-7,10,13,15,17-19H,3,5,8-9,11-12H2,1-2H3. The lowest BCUT2D eigenvalue weighted by Gasteiger charge is -2.22. The number of aliphatic hydroxyl groups excluding tert-OH is 1. The van der Waals surface area contributed by atoms with Crippen molar-refractivity contribution in [3.05, 3.63) is 29.8 Å². The van der Waals surface area contributed by atoms with Crippen LogP contribution in [0.2, 0.25) is 0 Å². The van der Waals surface area contributed by atoms with Crippen LogP contribution in [0.3, 0.4) is 0 Å². The Hall–Kier alpha value is -1.10. The van der Waals surface area contributed by atoms with Gasteiger partial charge < -0.3 is 19.9 Å². The predicted molar refractivity (Wildman–Crippen MR) is 83.8 cm³/mol. The second-order valence-corrected chi connectivity index (χ2v) is 5.71. The Balaban J connectivity index is 1.67. The highest BCUT2D eigenvalue weighted by Crippen LogP contribution is 2.16. The molecule has 1 aliphatic heterocycles. The Morgan fingerprint density at radius 2 is 2.33 bits per heavy atom. The van der Waals surface area contributed by atoms with E-state index in [1.165, 1.54) is 5.56 Å². The summed E-state index contributed by atoms with van der Waals surface area (Å²) in [5, 5.41) is 13.3. The van der Waals surface area contributed by atoms with Gasteiger partial charge >= 0.3 is 0 Å². The average molecular weight is 293 g/mol. The van der Waals surface area contributed by atoms with Gasteiger partial charge in [-0.2, -0.15) is 0 Å². The highest BCUT2D eigenvalue weighted by molar-refractivity contribution is 5.28. The minimum Gasteiger partial charge on any atom is -0.491 e. The molecule has 4 nitrogen and oxygen atoms in total. The van der Waals surface area contributed by atoms with Crippen molar-refractivity contribution in [1.82, 2.24) is 5.32 Å². The molecule has 0 saturated carbocycles. The molecular weight excluding hydrogens is 266 g/mol. The van der Waals surface area contributed by atoms with E-state index in [0.717, 1.165) is 31.6 Å². The van der Waals surface area contributed by atoms with E-state index in [1.54, 1.807) is 0 Å². The molecule has 0 bridgehead atoms. The summed E-state index contributed by atoms with van der Waals surface area (Å²) in [5.41, 5.74) is 1.24. The zero-order chi connectivity index (χ0) is 15.1. The highest BCUT2D eigenvalue weighted by atomic mass is 16.5. The van der Waals surface area contributed by atoms with Gasteiger partial charge in [-0.25, -0.2) is 0 Å². The van der Waals surface area contributed by atoms with E-state index in [1.807, 2.05) is 18.2 Å². The molecule has 1 aromatic rings. The van der Waals surface area contributed by atoms with Gasteiger partial charge in [0, 0.05) is 19.2 Å². The van der Waals surface area contributed by atoms with Crippen LogP contribution in [-0.2, 0) is 11.2 Å². The fourth-order valence-corrected chi connectivity index (χ4v) is 2.56. The minimum absolute atomic E-state index is 0.269. The van der Waals surface area contributed by atoms with Crippen molar-refractivity contribution in [1.29, 1.82) is 0 Å². The number of hydrogen-bond acceptors (Lipinski definition) is 4. The minimum atomic E-state index is -0.515. The molecule has 4 heteroatoms. The summed E-state index contributed by atoms with van der Waals surface area (Å²) in [4.78, 5) is 0. The van der Waals surface area contributed by atoms with Gasteiger partial charge in [0.2, 0.25) is 0 Å². The van der Waals surface area contributed by atoms with E-state index in [0.29, 0.717) is 13.2 Å². The van der Waals surface area contributed by atoms with Crippen molar-refractivity contribution in [2.24, 2.45) is 0 Å². The lowest BCUT2D eigenvalue weighted by atomic mass is 10.1. The van der Waals surface area contributed by atoms with Gasteiger partial charge in [-0.1, -0.05) is 19.1 Å². The van der Waals surface area contributed by atoms with E-state index in [-0.39, 0.29) is 12.1 Å². The van der Waals surface area contributed by atoms with Crippen LogP contribution in [0.5, 0.6) is 5.75 Å². The van der Waals surface area contributed by atoms with Crippen LogP contribution in [0.4, 0.5) is 0 Å². The third-order valence-corrected chi connectivity index (χ3v) is 3.95. The molecule has 0 aromatic heterocycles. The number of aliphatic hydroxyl groups is 1. The number of aryl methyl sites for hydroxylation is 1. The molecule has 1 aromatic carbocycles. The third kappa shape index (κ3) is 5.30. The normalized spacial score (nSPS) is 21.2. The van der Waals surface area contributed by atoms with Crippen LogP contribution in [0, 0.1) is 0 Å². The smallest absolute Gasteiger partial charge is 0.119 e. The van der Waals surface area contributed by atoms with Crippen LogP contribution in [0.1, 0.15) is 32.3 Å². The second-order valence-electron chi connectivity index (χ2n) is 5.71. The summed E-state index contributed by atoms with van der Waals surface area (Å²) in [5.74, 6) is 0.820. The quantitative estimate of drug-likeness (QED) is 0.771. The monoisotopic (exact) mass is 293 g/mol. The van der Waals surface area contributed by atoms with Crippen molar-refractivity contribution in [3.8, 4) is 5.75 Å². The van der Waals surface area contributed by atoms with Crippen molar-refractivity contribution in [3.63, 3.8) is 0 Å². The van der Waals surface area contributed by atoms with Gasteiger partial charge in [0.05, 0.1) is 6.10 Å². The van der Waals surface area contributed by atoms with Crippen molar-refractivity contribution < 1.29 is 14.6 Å². The number of nitrogens with one attached hydrogen (secondary N) is 1. The molecule has 1 heterocycles. The van der Waals surface area contributed by atoms with E-state index in [2.05, 4.69) is 25.2 Å². The van der Waals surface area contributed by atoms with E-state index in [4.69, 9.17) is 9.47 Å². The first-order chi connectivity index (χ1) is 10.2. The van der Waals surface area contributed by atoms with Crippen LogP contribution in [0.25, 0.3) is 0 Å². The van der Waals surface area contributed by atoms with Crippen molar-refractivity contribution in [2.75, 3.05) is 19.8 Å². The maximum absolute atomic E-state index is 10.0. The third-order valence-electron chi connectivity index (χ3n) is 3.95. The molecule has 0 aliphatic carbocycles. The zero-order valence-electron chi connectivity index (χ0n) is 13.0. The summed E-state index contributed by atoms with van der Waals surface area (Å²) in [6, 6.07) is 8.28. The molecule has 3 atom stereocenters. The Labute approximate surface area is 127 Å². The Kier molecular flexibility index (Phi) is 6.49. The highest BCUT2D eigenvalue weighted by Gasteiger charge is 2.22. The Morgan fingerprint density at radius 3 is 3.05 bits per heavy atom. The van der Waals surface area contributed by atoms with Crippen LogP contribution in [-0.4, -0.2) is 43.1 Å². The van der Waals surface area contributed by atoms with Crippen molar-refractivity contribution in [2.45, 2.75) is 51.4 Å². The predicted octanol–water partition coefficient (Wildman–Crippen LogP) is 2.15. The van der Waals surface area contributed by atoms with Crippen molar-refractivity contribution >= 4 is 0 Å². The molecule has 0 spiro atoms. The SMILES string of the molecule is CCc1cccc(OCC(O)CNC(C)C2CCCO2)c1. The van der Waals surface area contributed by atoms with Gasteiger partial charge in [-0.15, -0.1) is 0 Å². The molecule has 2 rings (SSSR count). The molecule has 1 saturated heterocycles. The Morgan fingerprint density at radius 1 is 1.48 bits per heavy atom. The molecule has 2 N–H and O–H groups in total. The molecular formula is C17H27NO3. The number of rotatable bonds is 8. The number of hydrogen-bond donors (Lipinski definition) is 2. The fourth-order valence-electron chi connectivity index (χ4n) is 2.56. The second kappa shape index (κ2) is 8.37. The molecule has 1 fully saturated rings. The van der Waals surface area contributed by atoms with Gasteiger partial charge in [-0.05, 0) is 43.9 Å². The summed E-state index contributed by atoms with van der Waals surface area (Å²) in [6.07, 6.45) is 2.99. The van der Waals surface area contributed by atoms with E-state index >= 15 is 0 Å². The maximum Gasteiger partial charge on any atom is 0.119 e. The summed E-state index contributed by atoms with van der Waals surface area (Å²) >= 11 is 0. The largest absolute Gasteiger partial charge is 0.491 e. The zero-order valence-corrected chi connectivity index (χ0v) is 13.0. The summed E-state index contributed by atoms with van der Waals surface area (Å²) in [7, 11) is 0. The van der Waals surface area contributed by atoms with Gasteiger partial charge in [0.25, 0.3) is 0 Å². The average Bonchev–Trinajstić information content (AvgIpc) is 3.05. The van der Waals surface area contributed by atoms with Crippen LogP contribution >= 0.6 is 0 Å². The lowest BCUT2D eigenvalue weighted by molar-refractivity contribution is 0.0675.